The van der Waals surface area contributed by atoms with Crippen LogP contribution in [0.2, 0.25) is 0 Å². The van der Waals surface area contributed by atoms with E-state index in [1.165, 1.54) is 0 Å². The summed E-state index contributed by atoms with van der Waals surface area (Å²) >= 11 is 0. The maximum Gasteiger partial charge on any atom is 0.251 e. The van der Waals surface area contributed by atoms with Crippen LogP contribution < -0.4 is 15.8 Å². The van der Waals surface area contributed by atoms with E-state index in [0.29, 0.717) is 25.3 Å². The first kappa shape index (κ1) is 17.7. The van der Waals surface area contributed by atoms with Crippen molar-refractivity contribution in [1.29, 1.82) is 0 Å². The van der Waals surface area contributed by atoms with Crippen molar-refractivity contribution in [1.82, 2.24) is 5.32 Å². The van der Waals surface area contributed by atoms with Gasteiger partial charge >= 0.3 is 0 Å². The Balaban J connectivity index is 0.00000324. The van der Waals surface area contributed by atoms with Crippen molar-refractivity contribution in [2.75, 3.05) is 26.9 Å². The number of carbonyl (C=O) groups is 1. The molecule has 1 aromatic carbocycles. The molecule has 0 spiro atoms. The van der Waals surface area contributed by atoms with Gasteiger partial charge in [0.1, 0.15) is 12.4 Å². The molecule has 6 heteroatoms. The SMILES string of the molecule is COCCOc1ccc(C(=O)N[C@@H](C)CN)cc1.Cl. The number of nitrogens with two attached hydrogens (primary N) is 1. The number of methoxy groups -OCH3 is 1. The van der Waals surface area contributed by atoms with Crippen molar-refractivity contribution in [3.63, 3.8) is 0 Å². The molecule has 108 valence electrons. The summed E-state index contributed by atoms with van der Waals surface area (Å²) in [5, 5.41) is 2.79. The van der Waals surface area contributed by atoms with Crippen molar-refractivity contribution in [2.45, 2.75) is 13.0 Å². The summed E-state index contributed by atoms with van der Waals surface area (Å²) in [4.78, 5) is 11.8. The Labute approximate surface area is 119 Å². The van der Waals surface area contributed by atoms with Crippen molar-refractivity contribution < 1.29 is 14.3 Å². The predicted octanol–water partition coefficient (Wildman–Crippen LogP) is 1.21. The molecule has 1 aromatic rings. The topological polar surface area (TPSA) is 73.6 Å². The molecule has 0 fully saturated rings. The van der Waals surface area contributed by atoms with E-state index in [1.54, 1.807) is 31.4 Å². The lowest BCUT2D eigenvalue weighted by molar-refractivity contribution is 0.0941. The van der Waals surface area contributed by atoms with Gasteiger partial charge in [-0.1, -0.05) is 0 Å². The zero-order valence-corrected chi connectivity index (χ0v) is 12.0. The van der Waals surface area contributed by atoms with Gasteiger partial charge in [0, 0.05) is 25.3 Å². The van der Waals surface area contributed by atoms with Crippen molar-refractivity contribution in [3.8, 4) is 5.75 Å². The van der Waals surface area contributed by atoms with Crippen LogP contribution in [-0.4, -0.2) is 38.8 Å². The largest absolute Gasteiger partial charge is 0.491 e. The van der Waals surface area contributed by atoms with Crippen molar-refractivity contribution in [2.24, 2.45) is 5.73 Å². The zero-order valence-electron chi connectivity index (χ0n) is 11.2. The van der Waals surface area contributed by atoms with Crippen LogP contribution in [0.5, 0.6) is 5.75 Å². The van der Waals surface area contributed by atoms with Gasteiger partial charge in [0.25, 0.3) is 5.91 Å². The second kappa shape index (κ2) is 9.61. The zero-order chi connectivity index (χ0) is 13.4. The van der Waals surface area contributed by atoms with E-state index in [-0.39, 0.29) is 24.4 Å². The highest BCUT2D eigenvalue weighted by molar-refractivity contribution is 5.94. The molecule has 0 aromatic heterocycles. The van der Waals surface area contributed by atoms with Gasteiger partial charge in [-0.05, 0) is 31.2 Å². The Kier molecular flexibility index (Phi) is 8.95. The maximum absolute atomic E-state index is 11.8. The number of nitrogens with one attached hydrogen (secondary N) is 1. The molecule has 3 N–H and O–H groups in total. The highest BCUT2D eigenvalue weighted by atomic mass is 35.5. The van der Waals surface area contributed by atoms with Gasteiger partial charge in [-0.3, -0.25) is 4.79 Å². The molecule has 0 saturated carbocycles. The third kappa shape index (κ3) is 6.42. The summed E-state index contributed by atoms with van der Waals surface area (Å²) in [6.45, 7) is 3.31. The Morgan fingerprint density at radius 2 is 1.95 bits per heavy atom. The average molecular weight is 289 g/mol. The molecule has 0 aliphatic rings. The lowest BCUT2D eigenvalue weighted by Gasteiger charge is -2.11. The molecular weight excluding hydrogens is 268 g/mol. The van der Waals surface area contributed by atoms with Gasteiger partial charge in [0.2, 0.25) is 0 Å². The normalized spacial score (nSPS) is 11.3. The third-order valence-corrected chi connectivity index (χ3v) is 2.40. The van der Waals surface area contributed by atoms with E-state index in [9.17, 15) is 4.79 Å². The minimum Gasteiger partial charge on any atom is -0.491 e. The Morgan fingerprint density at radius 3 is 2.47 bits per heavy atom. The van der Waals surface area contributed by atoms with Gasteiger partial charge < -0.3 is 20.5 Å². The average Bonchev–Trinajstić information content (AvgIpc) is 2.39. The lowest BCUT2D eigenvalue weighted by atomic mass is 10.2. The van der Waals surface area contributed by atoms with E-state index in [1.807, 2.05) is 6.92 Å². The Hall–Kier alpha value is -1.30. The summed E-state index contributed by atoms with van der Waals surface area (Å²) in [6.07, 6.45) is 0. The van der Waals surface area contributed by atoms with Crippen LogP contribution in [0.25, 0.3) is 0 Å². The first-order valence-corrected chi connectivity index (χ1v) is 5.90. The number of amides is 1. The van der Waals surface area contributed by atoms with Gasteiger partial charge in [-0.2, -0.15) is 0 Å². The van der Waals surface area contributed by atoms with E-state index < -0.39 is 0 Å². The van der Waals surface area contributed by atoms with E-state index >= 15 is 0 Å². The number of hydrogen-bond acceptors (Lipinski definition) is 4. The van der Waals surface area contributed by atoms with Crippen molar-refractivity contribution >= 4 is 18.3 Å². The molecule has 0 heterocycles. The summed E-state index contributed by atoms with van der Waals surface area (Å²) in [5.41, 5.74) is 6.04. The molecule has 0 aliphatic heterocycles. The van der Waals surface area contributed by atoms with E-state index in [4.69, 9.17) is 15.2 Å². The monoisotopic (exact) mass is 288 g/mol. The van der Waals surface area contributed by atoms with Crippen LogP contribution in [0.4, 0.5) is 0 Å². The summed E-state index contributed by atoms with van der Waals surface area (Å²) in [6, 6.07) is 6.94. The minimum absolute atomic E-state index is 0. The molecule has 5 nitrogen and oxygen atoms in total. The Bertz CT molecular complexity index is 371. The van der Waals surface area contributed by atoms with Crippen molar-refractivity contribution in [3.05, 3.63) is 29.8 Å². The molecule has 19 heavy (non-hydrogen) atoms. The van der Waals surface area contributed by atoms with Gasteiger partial charge in [-0.25, -0.2) is 0 Å². The summed E-state index contributed by atoms with van der Waals surface area (Å²) < 4.78 is 10.3. The Morgan fingerprint density at radius 1 is 1.32 bits per heavy atom. The predicted molar refractivity (Wildman–Crippen MR) is 77.0 cm³/mol. The van der Waals surface area contributed by atoms with Crippen LogP contribution >= 0.6 is 12.4 Å². The number of carbonyl (C=O) groups excluding carboxylic acids is 1. The number of hydrogen-bond donors (Lipinski definition) is 2. The quantitative estimate of drug-likeness (QED) is 0.740. The molecule has 0 radical (unpaired) electrons. The molecule has 0 unspecified atom stereocenters. The van der Waals surface area contributed by atoms with Gasteiger partial charge in [0.15, 0.2) is 0 Å². The second-order valence-electron chi connectivity index (χ2n) is 3.98. The first-order valence-electron chi connectivity index (χ1n) is 5.90. The van der Waals surface area contributed by atoms with Crippen LogP contribution in [-0.2, 0) is 4.74 Å². The molecule has 0 bridgehead atoms. The summed E-state index contributed by atoms with van der Waals surface area (Å²) in [5.74, 6) is 0.590. The number of ether oxygens (including phenoxy) is 2. The highest BCUT2D eigenvalue weighted by Crippen LogP contribution is 2.12. The third-order valence-electron chi connectivity index (χ3n) is 2.40. The van der Waals surface area contributed by atoms with Gasteiger partial charge in [0.05, 0.1) is 6.61 Å². The van der Waals surface area contributed by atoms with Gasteiger partial charge in [-0.15, -0.1) is 12.4 Å². The molecule has 0 saturated heterocycles. The van der Waals surface area contributed by atoms with Crippen LogP contribution in [0, 0.1) is 0 Å². The molecule has 1 rings (SSSR count). The fourth-order valence-corrected chi connectivity index (χ4v) is 1.31. The fourth-order valence-electron chi connectivity index (χ4n) is 1.31. The van der Waals surface area contributed by atoms with Crippen LogP contribution in [0.3, 0.4) is 0 Å². The van der Waals surface area contributed by atoms with E-state index in [0.717, 1.165) is 5.75 Å². The standard InChI is InChI=1S/C13H20N2O3.ClH/c1-10(9-14)15-13(16)11-3-5-12(6-4-11)18-8-7-17-2;/h3-6,10H,7-9,14H2,1-2H3,(H,15,16);1H/t10-;/m0./s1. The summed E-state index contributed by atoms with van der Waals surface area (Å²) in [7, 11) is 1.62. The highest BCUT2D eigenvalue weighted by Gasteiger charge is 2.08. The fraction of sp³-hybridized carbons (Fsp3) is 0.462. The molecule has 1 amide bonds. The second-order valence-corrected chi connectivity index (χ2v) is 3.98. The number of halogens is 1. The minimum atomic E-state index is -0.128. The van der Waals surface area contributed by atoms with Crippen LogP contribution in [0.1, 0.15) is 17.3 Å². The number of rotatable bonds is 7. The number of benzene rings is 1. The molecule has 1 atom stereocenters. The molecular formula is C13H21ClN2O3. The first-order chi connectivity index (χ1) is 8.67. The maximum atomic E-state index is 11.8. The molecule has 0 aliphatic carbocycles. The lowest BCUT2D eigenvalue weighted by Crippen LogP contribution is -2.37. The van der Waals surface area contributed by atoms with Crippen LogP contribution in [0.15, 0.2) is 24.3 Å². The smallest absolute Gasteiger partial charge is 0.251 e. The van der Waals surface area contributed by atoms with E-state index in [2.05, 4.69) is 5.32 Å².